The molecule has 0 radical (unpaired) electrons. The zero-order chi connectivity index (χ0) is 35.0. The van der Waals surface area contributed by atoms with Crippen molar-refractivity contribution in [2.45, 2.75) is 32.7 Å². The number of benzene rings is 1. The molecule has 49 heavy (non-hydrogen) atoms. The van der Waals surface area contributed by atoms with Crippen molar-refractivity contribution < 1.29 is 41.1 Å². The van der Waals surface area contributed by atoms with Gasteiger partial charge in [0, 0.05) is 25.0 Å². The number of hydrogen-bond acceptors (Lipinski definition) is 12. The molecule has 18 heteroatoms. The van der Waals surface area contributed by atoms with Gasteiger partial charge in [-0.15, -0.1) is 0 Å². The van der Waals surface area contributed by atoms with Crippen LogP contribution in [-0.4, -0.2) is 71.2 Å². The number of ether oxygens (including phenoxy) is 2. The molecule has 1 aromatic carbocycles. The van der Waals surface area contributed by atoms with E-state index in [4.69, 9.17) is 18.5 Å². The van der Waals surface area contributed by atoms with E-state index in [0.29, 0.717) is 54.2 Å². The number of amides is 1. The number of aromatic nitrogens is 5. The largest absolute Gasteiger partial charge is 0.495 e. The van der Waals surface area contributed by atoms with E-state index in [1.807, 2.05) is 0 Å². The number of alkyl halides is 3. The summed E-state index contributed by atoms with van der Waals surface area (Å²) in [6, 6.07) is 7.89. The van der Waals surface area contributed by atoms with E-state index in [-0.39, 0.29) is 42.5 Å². The Morgan fingerprint density at radius 3 is 2.59 bits per heavy atom. The minimum atomic E-state index is -4.84. The van der Waals surface area contributed by atoms with Crippen LogP contribution in [0.25, 0.3) is 11.3 Å². The number of methoxy groups -OCH3 is 1. The molecule has 8 bridgehead atoms. The summed E-state index contributed by atoms with van der Waals surface area (Å²) in [5.74, 6) is -1.18. The first-order chi connectivity index (χ1) is 23.3. The Kier molecular flexibility index (Phi) is 9.37. The molecule has 1 saturated heterocycles. The van der Waals surface area contributed by atoms with Crippen molar-refractivity contribution in [2.75, 3.05) is 51.2 Å². The second kappa shape index (κ2) is 13.4. The van der Waals surface area contributed by atoms with E-state index in [0.717, 1.165) is 0 Å². The molecule has 1 spiro atoms. The van der Waals surface area contributed by atoms with Crippen molar-refractivity contribution >= 4 is 36.6 Å². The van der Waals surface area contributed by atoms with Gasteiger partial charge < -0.3 is 34.5 Å². The van der Waals surface area contributed by atoms with E-state index in [9.17, 15) is 22.5 Å². The third kappa shape index (κ3) is 7.25. The highest BCUT2D eigenvalue weighted by Crippen LogP contribution is 2.53. The molecule has 3 N–H and O–H groups in total. The lowest BCUT2D eigenvalue weighted by Gasteiger charge is -2.41. The van der Waals surface area contributed by atoms with Gasteiger partial charge in [0.15, 0.2) is 5.69 Å². The first-order valence-corrected chi connectivity index (χ1v) is 17.0. The second-order valence-electron chi connectivity index (χ2n) is 11.7. The summed E-state index contributed by atoms with van der Waals surface area (Å²) in [7, 11) is -0.877. The van der Waals surface area contributed by atoms with Gasteiger partial charge in [-0.1, -0.05) is 6.07 Å². The maximum absolute atomic E-state index is 14.2. The quantitative estimate of drug-likeness (QED) is 0.223. The second-order valence-corrected chi connectivity index (χ2v) is 13.7. The lowest BCUT2D eigenvalue weighted by atomic mass is 9.87. The van der Waals surface area contributed by atoms with Gasteiger partial charge in [0.2, 0.25) is 5.95 Å². The molecule has 8 heterocycles. The molecule has 1 atom stereocenters. The Bertz CT molecular complexity index is 1930. The average Bonchev–Trinajstić information content (AvgIpc) is 3.41. The monoisotopic (exact) mass is 702 g/mol. The smallest absolute Gasteiger partial charge is 0.421 e. The standard InChI is InChI=1S/C31H34F3N8O6P/c1-5-47-49(44)13-19-6-7-23(25(10-19)45-4)39-29-36-11-21(31(32,33)34)27(40-29)38-24-9-8-22(37-26(24)28(43)35-3)20-12-42(41-18(20)2)14-30(17-48-49)15-46-16-30/h6-12H,5,13-17H2,1-4H3,(H,35,43)(H2,36,38,39,40). The van der Waals surface area contributed by atoms with Gasteiger partial charge in [-0.05, 0) is 43.7 Å². The van der Waals surface area contributed by atoms with E-state index in [1.54, 1.807) is 49.0 Å². The van der Waals surface area contributed by atoms with Gasteiger partial charge in [0.1, 0.15) is 17.1 Å². The molecule has 260 valence electrons. The van der Waals surface area contributed by atoms with Crippen LogP contribution in [0.4, 0.5) is 36.3 Å². The third-order valence-corrected chi connectivity index (χ3v) is 9.93. The van der Waals surface area contributed by atoms with Crippen LogP contribution in [0.15, 0.2) is 42.7 Å². The number of rotatable bonds is 4. The van der Waals surface area contributed by atoms with Crippen LogP contribution >= 0.6 is 7.60 Å². The van der Waals surface area contributed by atoms with Crippen molar-refractivity contribution in [3.8, 4) is 17.0 Å². The van der Waals surface area contributed by atoms with Crippen molar-refractivity contribution in [1.29, 1.82) is 0 Å². The number of aryl methyl sites for hydroxylation is 1. The minimum absolute atomic E-state index is 0.0196. The normalized spacial score (nSPS) is 18.8. The fourth-order valence-corrected chi connectivity index (χ4v) is 7.29. The molecule has 9 rings (SSSR count). The molecule has 3 aromatic heterocycles. The zero-order valence-electron chi connectivity index (χ0n) is 27.1. The van der Waals surface area contributed by atoms with Crippen LogP contribution in [0.1, 0.15) is 34.2 Å². The van der Waals surface area contributed by atoms with Crippen LogP contribution in [0.3, 0.4) is 0 Å². The molecule has 5 aliphatic heterocycles. The summed E-state index contributed by atoms with van der Waals surface area (Å²) in [5, 5.41) is 12.7. The minimum Gasteiger partial charge on any atom is -0.495 e. The van der Waals surface area contributed by atoms with E-state index in [1.165, 1.54) is 20.2 Å². The van der Waals surface area contributed by atoms with E-state index >= 15 is 0 Å². The summed E-state index contributed by atoms with van der Waals surface area (Å²) in [6.07, 6.45) is -2.52. The van der Waals surface area contributed by atoms with Crippen LogP contribution < -0.4 is 20.7 Å². The number of nitrogens with one attached hydrogen (secondary N) is 3. The molecular weight excluding hydrogens is 668 g/mol. The Morgan fingerprint density at radius 1 is 1.14 bits per heavy atom. The number of hydrogen-bond donors (Lipinski definition) is 3. The summed E-state index contributed by atoms with van der Waals surface area (Å²) < 4.78 is 81.0. The van der Waals surface area contributed by atoms with Crippen molar-refractivity contribution in [2.24, 2.45) is 5.41 Å². The fraction of sp³-hybridized carbons (Fsp3) is 0.387. The molecule has 4 aromatic rings. The highest BCUT2D eigenvalue weighted by molar-refractivity contribution is 7.53. The van der Waals surface area contributed by atoms with Gasteiger partial charge in [-0.2, -0.15) is 23.3 Å². The fourth-order valence-electron chi connectivity index (χ4n) is 5.52. The van der Waals surface area contributed by atoms with Crippen LogP contribution in [0.2, 0.25) is 0 Å². The Hall–Kier alpha value is -4.57. The van der Waals surface area contributed by atoms with Crippen molar-refractivity contribution in [3.63, 3.8) is 0 Å². The summed E-state index contributed by atoms with van der Waals surface area (Å²) >= 11 is 0. The number of carbonyl (C=O) groups is 1. The number of anilines is 4. The Labute approximate surface area is 279 Å². The van der Waals surface area contributed by atoms with Gasteiger partial charge >= 0.3 is 13.8 Å². The van der Waals surface area contributed by atoms with E-state index < -0.39 is 36.5 Å². The Morgan fingerprint density at radius 2 is 1.92 bits per heavy atom. The molecular formula is C31H34F3N8O6P. The summed E-state index contributed by atoms with van der Waals surface area (Å²) in [4.78, 5) is 25.6. The molecule has 1 unspecified atom stereocenters. The van der Waals surface area contributed by atoms with Gasteiger partial charge in [-0.3, -0.25) is 14.0 Å². The highest BCUT2D eigenvalue weighted by atomic mass is 31.2. The summed E-state index contributed by atoms with van der Waals surface area (Å²) in [5.41, 5.74) is 0.530. The number of nitrogens with zero attached hydrogens (tertiary/aromatic N) is 5. The molecule has 0 aliphatic carbocycles. The zero-order valence-corrected chi connectivity index (χ0v) is 27.9. The molecule has 0 saturated carbocycles. The van der Waals surface area contributed by atoms with Crippen LogP contribution in [0.5, 0.6) is 5.75 Å². The SMILES string of the molecule is CCOP1(=O)Cc2ccc(c(OC)c2)Nc2ncc(C(F)(F)F)c(n2)Nc2ccc(nc2C(=O)NC)-c2cn(nc2C)CC2(COC2)CO1. The average molecular weight is 703 g/mol. The molecule has 1 amide bonds. The lowest BCUT2D eigenvalue weighted by Crippen LogP contribution is -2.49. The first-order valence-electron chi connectivity index (χ1n) is 15.2. The van der Waals surface area contributed by atoms with Crippen LogP contribution in [-0.2, 0) is 37.2 Å². The number of pyridine rings is 1. The van der Waals surface area contributed by atoms with Crippen molar-refractivity contribution in [3.05, 3.63) is 65.2 Å². The number of carbonyl (C=O) groups excluding carboxylic acids is 1. The van der Waals surface area contributed by atoms with Crippen LogP contribution in [0, 0.1) is 12.3 Å². The molecule has 5 aliphatic rings. The highest BCUT2D eigenvalue weighted by Gasteiger charge is 2.43. The predicted molar refractivity (Wildman–Crippen MR) is 172 cm³/mol. The number of halogens is 3. The topological polar surface area (TPSA) is 164 Å². The summed E-state index contributed by atoms with van der Waals surface area (Å²) in [6.45, 7) is 4.73. The van der Waals surface area contributed by atoms with Gasteiger partial charge in [-0.25, -0.2) is 9.97 Å². The third-order valence-electron chi connectivity index (χ3n) is 8.00. The molecule has 14 nitrogen and oxygen atoms in total. The van der Waals surface area contributed by atoms with E-state index in [2.05, 4.69) is 36.0 Å². The van der Waals surface area contributed by atoms with Gasteiger partial charge in [0.05, 0.1) is 74.4 Å². The van der Waals surface area contributed by atoms with Crippen molar-refractivity contribution in [1.82, 2.24) is 30.0 Å². The molecule has 1 fully saturated rings. The maximum atomic E-state index is 14.2. The maximum Gasteiger partial charge on any atom is 0.421 e. The lowest BCUT2D eigenvalue weighted by molar-refractivity contribution is -0.142. The first kappa shape index (κ1) is 34.3. The Balaban J connectivity index is 1.49. The predicted octanol–water partition coefficient (Wildman–Crippen LogP) is 5.69. The van der Waals surface area contributed by atoms with Gasteiger partial charge in [0.25, 0.3) is 5.91 Å².